The molecule has 1 N–H and O–H groups in total. The molecular formula is C16H15BrF2O2. The smallest absolute Gasteiger partial charge is 0.146 e. The number of hydrogen-bond donors (Lipinski definition) is 1. The summed E-state index contributed by atoms with van der Waals surface area (Å²) in [7, 11) is 0. The van der Waals surface area contributed by atoms with Crippen molar-refractivity contribution in [2.45, 2.75) is 26.1 Å². The Morgan fingerprint density at radius 2 is 1.81 bits per heavy atom. The molecular weight excluding hydrogens is 342 g/mol. The normalized spacial score (nSPS) is 12.2. The fourth-order valence-corrected chi connectivity index (χ4v) is 2.29. The van der Waals surface area contributed by atoms with Gasteiger partial charge in [-0.3, -0.25) is 0 Å². The molecule has 0 bridgehead atoms. The van der Waals surface area contributed by atoms with Gasteiger partial charge in [0.25, 0.3) is 0 Å². The van der Waals surface area contributed by atoms with Gasteiger partial charge in [0.15, 0.2) is 0 Å². The first-order valence-electron chi connectivity index (χ1n) is 6.49. The van der Waals surface area contributed by atoms with E-state index in [2.05, 4.69) is 15.9 Å². The van der Waals surface area contributed by atoms with Crippen LogP contribution in [0.2, 0.25) is 0 Å². The first kappa shape index (κ1) is 15.9. The number of aliphatic hydroxyl groups is 1. The molecule has 2 rings (SSSR count). The average Bonchev–Trinajstić information content (AvgIpc) is 2.44. The zero-order chi connectivity index (χ0) is 15.4. The molecule has 0 heterocycles. The minimum absolute atomic E-state index is 0.113. The van der Waals surface area contributed by atoms with Crippen LogP contribution >= 0.6 is 15.9 Å². The molecule has 0 aromatic heterocycles. The fraction of sp³-hybridized carbons (Fsp3) is 0.250. The number of aliphatic hydroxyl groups excluding tert-OH is 1. The van der Waals surface area contributed by atoms with E-state index < -0.39 is 17.7 Å². The largest absolute Gasteiger partial charge is 0.489 e. The number of rotatable bonds is 5. The zero-order valence-corrected chi connectivity index (χ0v) is 13.0. The molecule has 0 aliphatic rings. The van der Waals surface area contributed by atoms with Gasteiger partial charge in [-0.05, 0) is 59.1 Å². The second-order valence-electron chi connectivity index (χ2n) is 4.81. The van der Waals surface area contributed by atoms with Gasteiger partial charge in [-0.1, -0.05) is 12.1 Å². The summed E-state index contributed by atoms with van der Waals surface area (Å²) >= 11 is 3.02. The van der Waals surface area contributed by atoms with E-state index in [4.69, 9.17) is 4.74 Å². The third kappa shape index (κ3) is 4.25. The van der Waals surface area contributed by atoms with Crippen LogP contribution in [0.1, 0.15) is 18.1 Å². The average molecular weight is 357 g/mol. The summed E-state index contributed by atoms with van der Waals surface area (Å²) < 4.78 is 33.0. The molecule has 1 unspecified atom stereocenters. The molecule has 2 aromatic carbocycles. The van der Waals surface area contributed by atoms with Gasteiger partial charge >= 0.3 is 0 Å². The van der Waals surface area contributed by atoms with Crippen LogP contribution < -0.4 is 4.74 Å². The van der Waals surface area contributed by atoms with Crippen LogP contribution in [-0.2, 0) is 13.0 Å². The van der Waals surface area contributed by atoms with Crippen molar-refractivity contribution in [2.75, 3.05) is 0 Å². The predicted octanol–water partition coefficient (Wildman–Crippen LogP) is 4.23. The molecule has 0 aliphatic carbocycles. The molecule has 112 valence electrons. The number of halogens is 3. The van der Waals surface area contributed by atoms with Gasteiger partial charge in [0.1, 0.15) is 24.0 Å². The first-order chi connectivity index (χ1) is 9.97. The maximum Gasteiger partial charge on any atom is 0.146 e. The summed E-state index contributed by atoms with van der Waals surface area (Å²) in [5.74, 6) is -0.773. The van der Waals surface area contributed by atoms with Crippen LogP contribution in [0.5, 0.6) is 5.75 Å². The first-order valence-corrected chi connectivity index (χ1v) is 7.29. The lowest BCUT2D eigenvalue weighted by Gasteiger charge is -2.10. The third-order valence-corrected chi connectivity index (χ3v) is 3.59. The maximum atomic E-state index is 13.8. The van der Waals surface area contributed by atoms with Crippen molar-refractivity contribution in [3.63, 3.8) is 0 Å². The maximum absolute atomic E-state index is 13.8. The summed E-state index contributed by atoms with van der Waals surface area (Å²) in [6.07, 6.45) is 0.136. The van der Waals surface area contributed by atoms with Crippen molar-refractivity contribution in [1.29, 1.82) is 0 Å². The molecule has 0 aliphatic heterocycles. The second kappa shape index (κ2) is 7.00. The molecule has 0 amide bonds. The van der Waals surface area contributed by atoms with E-state index in [0.717, 1.165) is 5.56 Å². The van der Waals surface area contributed by atoms with Gasteiger partial charge < -0.3 is 9.84 Å². The third-order valence-electron chi connectivity index (χ3n) is 2.98. The fourth-order valence-electron chi connectivity index (χ4n) is 1.92. The molecule has 0 fully saturated rings. The summed E-state index contributed by atoms with van der Waals surface area (Å²) in [4.78, 5) is 0. The van der Waals surface area contributed by atoms with E-state index >= 15 is 0 Å². The topological polar surface area (TPSA) is 29.5 Å². The monoisotopic (exact) mass is 356 g/mol. The lowest BCUT2D eigenvalue weighted by Crippen LogP contribution is -2.04. The highest BCUT2D eigenvalue weighted by atomic mass is 79.9. The van der Waals surface area contributed by atoms with Crippen LogP contribution in [0.25, 0.3) is 0 Å². The Balaban J connectivity index is 2.05. The van der Waals surface area contributed by atoms with Crippen molar-refractivity contribution < 1.29 is 18.6 Å². The Bertz CT molecular complexity index is 612. The number of ether oxygens (including phenoxy) is 1. The standard InChI is InChI=1S/C16H15BrF2O2/c1-10(20)8-11-2-4-12(5-3-11)21-9-13-15(18)7-6-14(17)16(13)19/h2-7,10,20H,8-9H2,1H3. The van der Waals surface area contributed by atoms with Crippen LogP contribution in [-0.4, -0.2) is 11.2 Å². The van der Waals surface area contributed by atoms with E-state index in [1.807, 2.05) is 12.1 Å². The highest BCUT2D eigenvalue weighted by Crippen LogP contribution is 2.23. The van der Waals surface area contributed by atoms with Crippen LogP contribution in [0.4, 0.5) is 8.78 Å². The molecule has 2 aromatic rings. The Kier molecular flexibility index (Phi) is 5.31. The Hall–Kier alpha value is -1.46. The van der Waals surface area contributed by atoms with Crippen LogP contribution in [0.3, 0.4) is 0 Å². The summed E-state index contributed by atoms with van der Waals surface area (Å²) in [5.41, 5.74) is 0.856. The van der Waals surface area contributed by atoms with E-state index in [1.165, 1.54) is 12.1 Å². The summed E-state index contributed by atoms with van der Waals surface area (Å²) in [6.45, 7) is 1.52. The van der Waals surface area contributed by atoms with Crippen LogP contribution in [0, 0.1) is 11.6 Å². The minimum atomic E-state index is -0.652. The molecule has 5 heteroatoms. The SMILES string of the molecule is CC(O)Cc1ccc(OCc2c(F)ccc(Br)c2F)cc1. The van der Waals surface area contributed by atoms with Crippen molar-refractivity contribution in [1.82, 2.24) is 0 Å². The van der Waals surface area contributed by atoms with E-state index in [1.54, 1.807) is 19.1 Å². The lowest BCUT2D eigenvalue weighted by molar-refractivity contribution is 0.195. The Labute approximate surface area is 130 Å². The van der Waals surface area contributed by atoms with E-state index in [9.17, 15) is 13.9 Å². The summed E-state index contributed by atoms with van der Waals surface area (Å²) in [5, 5.41) is 9.30. The van der Waals surface area contributed by atoms with Crippen molar-refractivity contribution in [3.05, 3.63) is 63.6 Å². The summed E-state index contributed by atoms with van der Waals surface area (Å²) in [6, 6.07) is 9.57. The van der Waals surface area contributed by atoms with E-state index in [0.29, 0.717) is 12.2 Å². The van der Waals surface area contributed by atoms with Crippen molar-refractivity contribution in [3.8, 4) is 5.75 Å². The Morgan fingerprint density at radius 1 is 1.14 bits per heavy atom. The highest BCUT2D eigenvalue weighted by molar-refractivity contribution is 9.10. The molecule has 0 spiro atoms. The molecule has 2 nitrogen and oxygen atoms in total. The van der Waals surface area contributed by atoms with Gasteiger partial charge in [0, 0.05) is 0 Å². The molecule has 0 saturated heterocycles. The van der Waals surface area contributed by atoms with Crippen molar-refractivity contribution in [2.24, 2.45) is 0 Å². The van der Waals surface area contributed by atoms with Crippen molar-refractivity contribution >= 4 is 15.9 Å². The lowest BCUT2D eigenvalue weighted by atomic mass is 10.1. The van der Waals surface area contributed by atoms with E-state index in [-0.39, 0.29) is 16.6 Å². The second-order valence-corrected chi connectivity index (χ2v) is 5.66. The molecule has 0 saturated carbocycles. The van der Waals surface area contributed by atoms with Gasteiger partial charge in [-0.2, -0.15) is 0 Å². The van der Waals surface area contributed by atoms with Gasteiger partial charge in [-0.15, -0.1) is 0 Å². The predicted molar refractivity (Wildman–Crippen MR) is 80.2 cm³/mol. The van der Waals surface area contributed by atoms with Gasteiger partial charge in [-0.25, -0.2) is 8.78 Å². The Morgan fingerprint density at radius 3 is 2.43 bits per heavy atom. The molecule has 21 heavy (non-hydrogen) atoms. The number of benzene rings is 2. The molecule has 0 radical (unpaired) electrons. The van der Waals surface area contributed by atoms with Crippen LogP contribution in [0.15, 0.2) is 40.9 Å². The highest BCUT2D eigenvalue weighted by Gasteiger charge is 2.13. The quantitative estimate of drug-likeness (QED) is 0.812. The van der Waals surface area contributed by atoms with Gasteiger partial charge in [0.2, 0.25) is 0 Å². The molecule has 1 atom stereocenters. The van der Waals surface area contributed by atoms with Gasteiger partial charge in [0.05, 0.1) is 16.1 Å². The zero-order valence-electron chi connectivity index (χ0n) is 11.4. The number of hydrogen-bond acceptors (Lipinski definition) is 2. The minimum Gasteiger partial charge on any atom is -0.489 e.